The summed E-state index contributed by atoms with van der Waals surface area (Å²) in [6.07, 6.45) is 0. The molecule has 0 fully saturated rings. The van der Waals surface area contributed by atoms with Crippen LogP contribution in [0.3, 0.4) is 0 Å². The Balaban J connectivity index is 1.78. The summed E-state index contributed by atoms with van der Waals surface area (Å²) in [5, 5.41) is 0.813. The lowest BCUT2D eigenvalue weighted by Gasteiger charge is -2.14. The maximum atomic E-state index is 13.0. The normalized spacial score (nSPS) is 10.7. The first-order valence-corrected chi connectivity index (χ1v) is 8.90. The monoisotopic (exact) mass is 353 g/mol. The Bertz CT molecular complexity index is 1090. The van der Waals surface area contributed by atoms with Gasteiger partial charge in [0.25, 0.3) is 0 Å². The smallest absolute Gasteiger partial charge is 0.339 e. The van der Waals surface area contributed by atoms with Gasteiger partial charge in [0.2, 0.25) is 0 Å². The average Bonchev–Trinajstić information content (AvgIpc) is 2.73. The highest BCUT2D eigenvalue weighted by atomic mass is 16.5. The first kappa shape index (κ1) is 17.0. The molecule has 0 aliphatic heterocycles. The van der Waals surface area contributed by atoms with Crippen LogP contribution in [-0.4, -0.2) is 11.0 Å². The van der Waals surface area contributed by atoms with E-state index in [-0.39, 0.29) is 12.6 Å². The highest BCUT2D eigenvalue weighted by Gasteiger charge is 2.20. The fourth-order valence-corrected chi connectivity index (χ4v) is 3.24. The predicted octanol–water partition coefficient (Wildman–Crippen LogP) is 5.57. The molecule has 0 amide bonds. The third kappa shape index (κ3) is 3.44. The van der Waals surface area contributed by atoms with Crippen molar-refractivity contribution in [1.82, 2.24) is 4.98 Å². The summed E-state index contributed by atoms with van der Waals surface area (Å²) in [5.74, 6) is -0.327. The third-order valence-electron chi connectivity index (χ3n) is 4.60. The number of benzene rings is 3. The van der Waals surface area contributed by atoms with Crippen LogP contribution in [0.15, 0.2) is 84.9 Å². The number of nitrogens with zero attached hydrogens (tertiary/aromatic N) is 1. The fraction of sp³-hybridized carbons (Fsp3) is 0.0833. The minimum atomic E-state index is -0.327. The van der Waals surface area contributed by atoms with E-state index in [1.54, 1.807) is 0 Å². The van der Waals surface area contributed by atoms with E-state index < -0.39 is 0 Å². The molecular formula is C24H19NO2. The van der Waals surface area contributed by atoms with Gasteiger partial charge in [0, 0.05) is 10.9 Å². The van der Waals surface area contributed by atoms with Crippen LogP contribution >= 0.6 is 0 Å². The first-order chi connectivity index (χ1) is 13.2. The number of para-hydroxylation sites is 1. The van der Waals surface area contributed by atoms with E-state index in [4.69, 9.17) is 9.72 Å². The Morgan fingerprint density at radius 3 is 2.22 bits per heavy atom. The van der Waals surface area contributed by atoms with Crippen molar-refractivity contribution in [3.63, 3.8) is 0 Å². The fourth-order valence-electron chi connectivity index (χ4n) is 3.24. The highest BCUT2D eigenvalue weighted by molar-refractivity contribution is 6.06. The minimum Gasteiger partial charge on any atom is -0.457 e. The molecule has 4 aromatic rings. The molecular weight excluding hydrogens is 334 g/mol. The second-order valence-corrected chi connectivity index (χ2v) is 6.41. The molecule has 3 heteroatoms. The molecule has 0 N–H and O–H groups in total. The minimum absolute atomic E-state index is 0.246. The van der Waals surface area contributed by atoms with Gasteiger partial charge in [-0.15, -0.1) is 0 Å². The van der Waals surface area contributed by atoms with E-state index >= 15 is 0 Å². The zero-order valence-electron chi connectivity index (χ0n) is 15.1. The van der Waals surface area contributed by atoms with Gasteiger partial charge in [-0.1, -0.05) is 78.9 Å². The molecule has 0 bridgehead atoms. The molecule has 1 aromatic heterocycles. The second-order valence-electron chi connectivity index (χ2n) is 6.41. The van der Waals surface area contributed by atoms with Crippen LogP contribution in [0.5, 0.6) is 0 Å². The molecule has 27 heavy (non-hydrogen) atoms. The molecule has 0 aliphatic carbocycles. The van der Waals surface area contributed by atoms with Crippen molar-refractivity contribution in [2.24, 2.45) is 0 Å². The van der Waals surface area contributed by atoms with E-state index in [1.165, 1.54) is 0 Å². The van der Waals surface area contributed by atoms with Crippen LogP contribution in [0.1, 0.15) is 21.5 Å². The van der Waals surface area contributed by atoms with E-state index in [0.717, 1.165) is 33.3 Å². The molecule has 0 atom stereocenters. The van der Waals surface area contributed by atoms with E-state index in [1.807, 2.05) is 91.9 Å². The van der Waals surface area contributed by atoms with E-state index in [9.17, 15) is 4.79 Å². The van der Waals surface area contributed by atoms with Crippen LogP contribution in [-0.2, 0) is 11.3 Å². The Kier molecular flexibility index (Phi) is 4.67. The molecule has 0 radical (unpaired) electrons. The predicted molar refractivity (Wildman–Crippen MR) is 107 cm³/mol. The van der Waals surface area contributed by atoms with Gasteiger partial charge in [-0.2, -0.15) is 0 Å². The molecule has 0 saturated carbocycles. The van der Waals surface area contributed by atoms with Crippen molar-refractivity contribution in [3.8, 4) is 11.3 Å². The SMILES string of the molecule is Cc1c(-c2ccccc2)nc2ccccc2c1C(=O)OCc1ccccc1. The largest absolute Gasteiger partial charge is 0.457 e. The second kappa shape index (κ2) is 7.42. The summed E-state index contributed by atoms with van der Waals surface area (Å²) in [7, 11) is 0. The molecule has 0 spiro atoms. The summed E-state index contributed by atoms with van der Waals surface area (Å²) < 4.78 is 5.63. The molecule has 3 nitrogen and oxygen atoms in total. The number of hydrogen-bond acceptors (Lipinski definition) is 3. The maximum absolute atomic E-state index is 13.0. The topological polar surface area (TPSA) is 39.2 Å². The molecule has 0 aliphatic rings. The number of carbonyl (C=O) groups excluding carboxylic acids is 1. The van der Waals surface area contributed by atoms with Gasteiger partial charge in [0.05, 0.1) is 16.8 Å². The Labute approximate surface area is 158 Å². The highest BCUT2D eigenvalue weighted by Crippen LogP contribution is 2.30. The van der Waals surface area contributed by atoms with Gasteiger partial charge in [-0.3, -0.25) is 0 Å². The van der Waals surface area contributed by atoms with Gasteiger partial charge in [0.15, 0.2) is 0 Å². The van der Waals surface area contributed by atoms with Crippen molar-refractivity contribution in [3.05, 3.63) is 102 Å². The molecule has 3 aromatic carbocycles. The molecule has 4 rings (SSSR count). The summed E-state index contributed by atoms with van der Waals surface area (Å²) in [4.78, 5) is 17.8. The molecule has 0 unspecified atom stereocenters. The quantitative estimate of drug-likeness (QED) is 0.450. The number of fused-ring (bicyclic) bond motifs is 1. The van der Waals surface area contributed by atoms with Crippen LogP contribution in [0, 0.1) is 6.92 Å². The van der Waals surface area contributed by atoms with Crippen LogP contribution in [0.25, 0.3) is 22.2 Å². The Morgan fingerprint density at radius 2 is 1.48 bits per heavy atom. The Hall–Kier alpha value is -3.46. The van der Waals surface area contributed by atoms with E-state index in [0.29, 0.717) is 5.56 Å². The summed E-state index contributed by atoms with van der Waals surface area (Å²) >= 11 is 0. The lowest BCUT2D eigenvalue weighted by molar-refractivity contribution is 0.0474. The lowest BCUT2D eigenvalue weighted by atomic mass is 9.98. The molecule has 132 valence electrons. The van der Waals surface area contributed by atoms with Crippen molar-refractivity contribution in [1.29, 1.82) is 0 Å². The number of hydrogen-bond donors (Lipinski definition) is 0. The number of rotatable bonds is 4. The van der Waals surface area contributed by atoms with Crippen molar-refractivity contribution < 1.29 is 9.53 Å². The number of ether oxygens (including phenoxy) is 1. The third-order valence-corrected chi connectivity index (χ3v) is 4.60. The Morgan fingerprint density at radius 1 is 0.852 bits per heavy atom. The standard InChI is InChI=1S/C24H19NO2/c1-17-22(24(26)27-16-18-10-4-2-5-11-18)20-14-8-9-15-21(20)25-23(17)19-12-6-3-7-13-19/h2-15H,16H2,1H3. The first-order valence-electron chi connectivity index (χ1n) is 8.90. The zero-order chi connectivity index (χ0) is 18.6. The van der Waals surface area contributed by atoms with Gasteiger partial charge >= 0.3 is 5.97 Å². The van der Waals surface area contributed by atoms with Crippen LogP contribution in [0.4, 0.5) is 0 Å². The number of carbonyl (C=O) groups is 1. The summed E-state index contributed by atoms with van der Waals surface area (Å²) in [6, 6.07) is 27.3. The van der Waals surface area contributed by atoms with Gasteiger partial charge < -0.3 is 4.74 Å². The number of pyridine rings is 1. The number of esters is 1. The van der Waals surface area contributed by atoms with Crippen molar-refractivity contribution >= 4 is 16.9 Å². The van der Waals surface area contributed by atoms with Gasteiger partial charge in [-0.25, -0.2) is 9.78 Å². The maximum Gasteiger partial charge on any atom is 0.339 e. The van der Waals surface area contributed by atoms with Gasteiger partial charge in [-0.05, 0) is 24.1 Å². The van der Waals surface area contributed by atoms with E-state index in [2.05, 4.69) is 0 Å². The summed E-state index contributed by atoms with van der Waals surface area (Å²) in [6.45, 7) is 2.18. The lowest BCUT2D eigenvalue weighted by Crippen LogP contribution is -2.10. The molecule has 0 saturated heterocycles. The van der Waals surface area contributed by atoms with Gasteiger partial charge in [0.1, 0.15) is 6.61 Å². The van der Waals surface area contributed by atoms with Crippen LogP contribution in [0.2, 0.25) is 0 Å². The number of aromatic nitrogens is 1. The van der Waals surface area contributed by atoms with Crippen molar-refractivity contribution in [2.75, 3.05) is 0 Å². The molecule has 1 heterocycles. The summed E-state index contributed by atoms with van der Waals surface area (Å²) in [5.41, 5.74) is 4.95. The zero-order valence-corrected chi connectivity index (χ0v) is 15.1. The van der Waals surface area contributed by atoms with Crippen molar-refractivity contribution in [2.45, 2.75) is 13.5 Å². The average molecular weight is 353 g/mol. The van der Waals surface area contributed by atoms with Crippen LogP contribution < -0.4 is 0 Å².